The van der Waals surface area contributed by atoms with Gasteiger partial charge in [-0.05, 0) is 34.1 Å². The smallest absolute Gasteiger partial charge is 0.269 e. The molecule has 1 heterocycles. The molecule has 0 aliphatic carbocycles. The summed E-state index contributed by atoms with van der Waals surface area (Å²) >= 11 is 0. The van der Waals surface area contributed by atoms with Gasteiger partial charge in [-0.25, -0.2) is 0 Å². The van der Waals surface area contributed by atoms with Crippen molar-refractivity contribution in [3.05, 3.63) is 63.7 Å². The Morgan fingerprint density at radius 1 is 0.923 bits per heavy atom. The molecule has 0 aromatic heterocycles. The second-order valence-corrected chi connectivity index (χ2v) is 8.47. The number of nitrogens with zero attached hydrogens (tertiary/aromatic N) is 1. The lowest BCUT2D eigenvalue weighted by molar-refractivity contribution is -0.384. The number of nitro groups is 1. The molecule has 0 bridgehead atoms. The average Bonchev–Trinajstić information content (AvgIpc) is 2.94. The van der Waals surface area contributed by atoms with Crippen molar-refractivity contribution in [1.82, 2.24) is 0 Å². The zero-order valence-electron chi connectivity index (χ0n) is 15.9. The van der Waals surface area contributed by atoms with Gasteiger partial charge in [0.05, 0.1) is 4.92 Å². The summed E-state index contributed by atoms with van der Waals surface area (Å²) in [7, 11) is 0. The number of hydrogen-bond donors (Lipinski definition) is 0. The van der Waals surface area contributed by atoms with Gasteiger partial charge < -0.3 is 9.47 Å². The van der Waals surface area contributed by atoms with E-state index in [0.29, 0.717) is 6.42 Å². The molecule has 0 amide bonds. The lowest BCUT2D eigenvalue weighted by atomic mass is 9.81. The van der Waals surface area contributed by atoms with Crippen LogP contribution in [0.15, 0.2) is 42.5 Å². The molecule has 1 aliphatic heterocycles. The highest BCUT2D eigenvalue weighted by molar-refractivity contribution is 5.47. The summed E-state index contributed by atoms with van der Waals surface area (Å²) in [6.45, 7) is 10.7. The van der Waals surface area contributed by atoms with E-state index in [1.807, 2.05) is 12.1 Å². The first-order valence-corrected chi connectivity index (χ1v) is 8.79. The van der Waals surface area contributed by atoms with E-state index >= 15 is 0 Å². The summed E-state index contributed by atoms with van der Waals surface area (Å²) in [5, 5.41) is 10.8. The minimum atomic E-state index is -0.385. The topological polar surface area (TPSA) is 61.6 Å². The molecule has 0 spiro atoms. The molecule has 1 atom stereocenters. The van der Waals surface area contributed by atoms with E-state index < -0.39 is 0 Å². The molecule has 0 fully saturated rings. The summed E-state index contributed by atoms with van der Waals surface area (Å²) in [4.78, 5) is 10.4. The minimum absolute atomic E-state index is 0.0501. The van der Waals surface area contributed by atoms with Crippen LogP contribution in [0.1, 0.15) is 52.2 Å². The van der Waals surface area contributed by atoms with Crippen LogP contribution < -0.4 is 9.47 Å². The molecule has 3 rings (SSSR count). The van der Waals surface area contributed by atoms with Crippen molar-refractivity contribution in [1.29, 1.82) is 0 Å². The Morgan fingerprint density at radius 2 is 1.50 bits per heavy atom. The third kappa shape index (κ3) is 3.66. The van der Waals surface area contributed by atoms with Crippen LogP contribution in [0.5, 0.6) is 11.5 Å². The number of benzene rings is 2. The number of hydrogen-bond acceptors (Lipinski definition) is 4. The molecule has 2 aromatic carbocycles. The molecule has 1 aliphatic rings. The zero-order chi connectivity index (χ0) is 19.1. The van der Waals surface area contributed by atoms with Crippen molar-refractivity contribution in [3.63, 3.8) is 0 Å². The van der Waals surface area contributed by atoms with Gasteiger partial charge in [-0.15, -0.1) is 0 Å². The van der Waals surface area contributed by atoms with E-state index in [1.165, 1.54) is 17.7 Å². The molecule has 5 heteroatoms. The Morgan fingerprint density at radius 3 is 2.08 bits per heavy atom. The molecule has 0 saturated carbocycles. The lowest BCUT2D eigenvalue weighted by Crippen LogP contribution is -2.29. The molecule has 0 radical (unpaired) electrons. The van der Waals surface area contributed by atoms with Gasteiger partial charge in [-0.3, -0.25) is 10.1 Å². The second-order valence-electron chi connectivity index (χ2n) is 8.47. The molecule has 0 N–H and O–H groups in total. The van der Waals surface area contributed by atoms with Crippen molar-refractivity contribution in [2.75, 3.05) is 0 Å². The van der Waals surface area contributed by atoms with Crippen LogP contribution >= 0.6 is 0 Å². The summed E-state index contributed by atoms with van der Waals surface area (Å²) in [5.41, 5.74) is 2.13. The summed E-state index contributed by atoms with van der Waals surface area (Å²) in [5.74, 6) is 1.55. The lowest BCUT2D eigenvalue weighted by Gasteiger charge is -2.27. The van der Waals surface area contributed by atoms with Crippen LogP contribution in [0.4, 0.5) is 5.69 Å². The van der Waals surface area contributed by atoms with E-state index in [1.54, 1.807) is 12.1 Å². The molecular weight excluding hydrogens is 330 g/mol. The van der Waals surface area contributed by atoms with Crippen LogP contribution in [-0.2, 0) is 10.8 Å². The number of non-ortho nitro benzene ring substituents is 1. The first-order valence-electron chi connectivity index (χ1n) is 8.79. The van der Waals surface area contributed by atoms with E-state index in [9.17, 15) is 10.1 Å². The summed E-state index contributed by atoms with van der Waals surface area (Å²) in [6, 6.07) is 12.8. The highest BCUT2D eigenvalue weighted by Gasteiger charge is 2.33. The monoisotopic (exact) mass is 355 g/mol. The Bertz CT molecular complexity index is 819. The zero-order valence-corrected chi connectivity index (χ0v) is 15.9. The number of ether oxygens (including phenoxy) is 2. The average molecular weight is 355 g/mol. The maximum absolute atomic E-state index is 10.8. The largest absolute Gasteiger partial charge is 0.451 e. The fraction of sp³-hybridized carbons (Fsp3) is 0.429. The normalized spacial score (nSPS) is 16.6. The Kier molecular flexibility index (Phi) is 4.42. The third-order valence-electron chi connectivity index (χ3n) is 4.86. The fourth-order valence-corrected chi connectivity index (χ4v) is 3.12. The third-order valence-corrected chi connectivity index (χ3v) is 4.86. The SMILES string of the molecule is CC(C)(C)c1ccc2c(c1)OC(CC(C)(C)c1ccc([N+](=O)[O-])cc1)O2. The quantitative estimate of drug-likeness (QED) is 0.547. The van der Waals surface area contributed by atoms with Crippen LogP contribution in [0.2, 0.25) is 0 Å². The molecule has 1 unspecified atom stereocenters. The van der Waals surface area contributed by atoms with Crippen LogP contribution in [-0.4, -0.2) is 11.2 Å². The van der Waals surface area contributed by atoms with Crippen LogP contribution in [0.25, 0.3) is 0 Å². The Hall–Kier alpha value is -2.56. The van der Waals surface area contributed by atoms with Gasteiger partial charge >= 0.3 is 0 Å². The molecule has 138 valence electrons. The number of nitro benzene ring substituents is 1. The first-order chi connectivity index (χ1) is 12.1. The van der Waals surface area contributed by atoms with Crippen molar-refractivity contribution in [2.45, 2.75) is 58.2 Å². The van der Waals surface area contributed by atoms with E-state index in [-0.39, 0.29) is 27.7 Å². The predicted molar refractivity (Wildman–Crippen MR) is 101 cm³/mol. The molecule has 2 aromatic rings. The van der Waals surface area contributed by atoms with Gasteiger partial charge in [0.15, 0.2) is 11.5 Å². The Balaban J connectivity index is 1.73. The molecule has 5 nitrogen and oxygen atoms in total. The van der Waals surface area contributed by atoms with Gasteiger partial charge in [0.2, 0.25) is 6.29 Å². The van der Waals surface area contributed by atoms with Gasteiger partial charge in [0, 0.05) is 18.6 Å². The van der Waals surface area contributed by atoms with Gasteiger partial charge in [-0.1, -0.05) is 52.8 Å². The van der Waals surface area contributed by atoms with Crippen molar-refractivity contribution in [3.8, 4) is 11.5 Å². The predicted octanol–water partition coefficient (Wildman–Crippen LogP) is 5.36. The van der Waals surface area contributed by atoms with E-state index in [0.717, 1.165) is 17.1 Å². The minimum Gasteiger partial charge on any atom is -0.451 e. The Labute approximate surface area is 154 Å². The summed E-state index contributed by atoms with van der Waals surface area (Å²) < 4.78 is 12.0. The molecule has 0 saturated heterocycles. The maximum atomic E-state index is 10.8. The van der Waals surface area contributed by atoms with E-state index in [4.69, 9.17) is 9.47 Å². The van der Waals surface area contributed by atoms with Crippen molar-refractivity contribution < 1.29 is 14.4 Å². The second kappa shape index (κ2) is 6.31. The maximum Gasteiger partial charge on any atom is 0.269 e. The van der Waals surface area contributed by atoms with Gasteiger partial charge in [0.1, 0.15) is 0 Å². The highest BCUT2D eigenvalue weighted by Crippen LogP contribution is 2.41. The van der Waals surface area contributed by atoms with Gasteiger partial charge in [0.25, 0.3) is 5.69 Å². The molecular formula is C21H25NO4. The number of fused-ring (bicyclic) bond motifs is 1. The van der Waals surface area contributed by atoms with Crippen LogP contribution in [0, 0.1) is 10.1 Å². The molecule has 26 heavy (non-hydrogen) atoms. The standard InChI is InChI=1S/C21H25NO4/c1-20(2,3)15-8-11-17-18(12-15)26-19(25-17)13-21(4,5)14-6-9-16(10-7-14)22(23)24/h6-12,19H,13H2,1-5H3. The summed E-state index contributed by atoms with van der Waals surface area (Å²) in [6.07, 6.45) is 0.273. The highest BCUT2D eigenvalue weighted by atomic mass is 16.7. The fourth-order valence-electron chi connectivity index (χ4n) is 3.12. The van der Waals surface area contributed by atoms with E-state index in [2.05, 4.69) is 40.7 Å². The van der Waals surface area contributed by atoms with Gasteiger partial charge in [-0.2, -0.15) is 0 Å². The number of rotatable bonds is 4. The first kappa shape index (κ1) is 18.2. The van der Waals surface area contributed by atoms with Crippen molar-refractivity contribution >= 4 is 5.69 Å². The van der Waals surface area contributed by atoms with Crippen LogP contribution in [0.3, 0.4) is 0 Å². The van der Waals surface area contributed by atoms with Crippen molar-refractivity contribution in [2.24, 2.45) is 0 Å².